The van der Waals surface area contributed by atoms with E-state index in [0.29, 0.717) is 11.8 Å². The summed E-state index contributed by atoms with van der Waals surface area (Å²) in [6, 6.07) is 7.94. The van der Waals surface area contributed by atoms with Gasteiger partial charge in [-0.3, -0.25) is 9.88 Å². The van der Waals surface area contributed by atoms with E-state index in [-0.39, 0.29) is 11.6 Å². The number of ether oxygens (including phenoxy) is 2. The van der Waals surface area contributed by atoms with Crippen LogP contribution in [0, 0.1) is 11.8 Å². The highest BCUT2D eigenvalue weighted by atomic mass is 16.6. The van der Waals surface area contributed by atoms with E-state index < -0.39 is 12.2 Å². The van der Waals surface area contributed by atoms with Gasteiger partial charge in [0.2, 0.25) is 0 Å². The van der Waals surface area contributed by atoms with Gasteiger partial charge in [-0.2, -0.15) is 0 Å². The van der Waals surface area contributed by atoms with E-state index in [1.54, 1.807) is 13.3 Å². The molecule has 1 N–H and O–H groups in total. The molecule has 6 nitrogen and oxygen atoms in total. The van der Waals surface area contributed by atoms with Crippen molar-refractivity contribution >= 4 is 17.0 Å². The highest BCUT2D eigenvalue weighted by Crippen LogP contribution is 2.43. The van der Waals surface area contributed by atoms with Gasteiger partial charge in [-0.15, -0.1) is 6.58 Å². The number of amides is 1. The summed E-state index contributed by atoms with van der Waals surface area (Å²) < 4.78 is 11.6. The summed E-state index contributed by atoms with van der Waals surface area (Å²) in [6.07, 6.45) is 5.24. The molecule has 0 radical (unpaired) electrons. The van der Waals surface area contributed by atoms with Crippen molar-refractivity contribution in [3.8, 4) is 5.75 Å². The lowest BCUT2D eigenvalue weighted by molar-refractivity contribution is -0.0506. The first-order valence-electron chi connectivity index (χ1n) is 11.1. The minimum atomic E-state index is -0.395. The van der Waals surface area contributed by atoms with Crippen molar-refractivity contribution in [1.29, 1.82) is 0 Å². The van der Waals surface area contributed by atoms with Crippen LogP contribution in [0.2, 0.25) is 0 Å². The molecular formula is C25H33N3O3. The van der Waals surface area contributed by atoms with Crippen LogP contribution in [0.15, 0.2) is 43.1 Å². The molecule has 2 bridgehead atoms. The lowest BCUT2D eigenvalue weighted by Gasteiger charge is -2.51. The van der Waals surface area contributed by atoms with Crippen LogP contribution in [0.4, 0.5) is 4.79 Å². The molecule has 0 aliphatic carbocycles. The van der Waals surface area contributed by atoms with Crippen LogP contribution in [0.1, 0.15) is 45.3 Å². The number of alkyl carbamates (subject to hydrolysis) is 1. The van der Waals surface area contributed by atoms with Crippen LogP contribution in [-0.4, -0.2) is 47.8 Å². The number of carbonyl (C=O) groups excluding carboxylic acids is 1. The molecule has 1 amide bonds. The molecule has 4 heterocycles. The average Bonchev–Trinajstić information content (AvgIpc) is 2.75. The molecule has 31 heavy (non-hydrogen) atoms. The van der Waals surface area contributed by atoms with Crippen molar-refractivity contribution in [2.24, 2.45) is 11.8 Å². The standard InChI is InChI=1S/C25H33N3O3/c1-6-16-15-28-12-10-17(16)13-22(28)23(31-24(29)27-25(2,3)4)19-9-11-26-21-8-7-18(30-5)14-20(19)21/h6-9,11,14,16-17,22-23H,1,10,12-13,15H2,2-5H3,(H,27,29)/t16-,17-,22-,23+/m0/s1. The highest BCUT2D eigenvalue weighted by molar-refractivity contribution is 5.84. The number of nitrogens with zero attached hydrogens (tertiary/aromatic N) is 2. The predicted molar refractivity (Wildman–Crippen MR) is 122 cm³/mol. The highest BCUT2D eigenvalue weighted by Gasteiger charge is 2.44. The van der Waals surface area contributed by atoms with E-state index in [2.05, 4.69) is 27.9 Å². The monoisotopic (exact) mass is 423 g/mol. The lowest BCUT2D eigenvalue weighted by atomic mass is 9.73. The topological polar surface area (TPSA) is 63.7 Å². The second-order valence-corrected chi connectivity index (χ2v) is 9.73. The largest absolute Gasteiger partial charge is 0.497 e. The second-order valence-electron chi connectivity index (χ2n) is 9.73. The Balaban J connectivity index is 1.74. The van der Waals surface area contributed by atoms with E-state index in [0.717, 1.165) is 41.7 Å². The van der Waals surface area contributed by atoms with Crippen molar-refractivity contribution in [3.05, 3.63) is 48.7 Å². The molecule has 166 valence electrons. The Bertz CT molecular complexity index is 968. The molecule has 3 fully saturated rings. The van der Waals surface area contributed by atoms with E-state index in [4.69, 9.17) is 9.47 Å². The second kappa shape index (κ2) is 8.50. The normalized spacial score (nSPS) is 26.3. The van der Waals surface area contributed by atoms with Gasteiger partial charge in [0.15, 0.2) is 0 Å². The fourth-order valence-electron chi connectivity index (χ4n) is 5.01. The lowest BCUT2D eigenvalue weighted by Crippen LogP contribution is -2.56. The smallest absolute Gasteiger partial charge is 0.408 e. The summed E-state index contributed by atoms with van der Waals surface area (Å²) in [4.78, 5) is 19.8. The molecule has 2 aromatic rings. The zero-order valence-corrected chi connectivity index (χ0v) is 18.9. The van der Waals surface area contributed by atoms with Gasteiger partial charge < -0.3 is 14.8 Å². The maximum atomic E-state index is 12.9. The SMILES string of the molecule is C=C[C@H]1CN2CC[C@H]1C[C@H]2[C@H](OC(=O)NC(C)(C)C)c1ccnc2ccc(OC)cc12. The number of methoxy groups -OCH3 is 1. The zero-order valence-electron chi connectivity index (χ0n) is 18.9. The number of pyridine rings is 1. The molecule has 0 spiro atoms. The summed E-state index contributed by atoms with van der Waals surface area (Å²) in [5.41, 5.74) is 1.47. The van der Waals surface area contributed by atoms with Crippen molar-refractivity contribution in [1.82, 2.24) is 15.2 Å². The van der Waals surface area contributed by atoms with E-state index in [9.17, 15) is 4.79 Å². The van der Waals surface area contributed by atoms with Crippen LogP contribution in [0.3, 0.4) is 0 Å². The van der Waals surface area contributed by atoms with Gasteiger partial charge in [0.05, 0.1) is 18.7 Å². The number of hydrogen-bond acceptors (Lipinski definition) is 5. The third-order valence-electron chi connectivity index (χ3n) is 6.50. The van der Waals surface area contributed by atoms with Crippen LogP contribution >= 0.6 is 0 Å². The van der Waals surface area contributed by atoms with Crippen LogP contribution in [0.25, 0.3) is 10.9 Å². The van der Waals surface area contributed by atoms with Gasteiger partial charge in [-0.1, -0.05) is 6.08 Å². The van der Waals surface area contributed by atoms with Crippen LogP contribution in [-0.2, 0) is 4.74 Å². The number of benzene rings is 1. The first-order chi connectivity index (χ1) is 14.8. The van der Waals surface area contributed by atoms with Crippen molar-refractivity contribution in [2.75, 3.05) is 20.2 Å². The van der Waals surface area contributed by atoms with E-state index in [1.165, 1.54) is 6.42 Å². The number of rotatable bonds is 5. The Morgan fingerprint density at radius 1 is 1.35 bits per heavy atom. The number of aromatic nitrogens is 1. The van der Waals surface area contributed by atoms with Gasteiger partial charge in [0, 0.05) is 29.2 Å². The first-order valence-corrected chi connectivity index (χ1v) is 11.1. The van der Waals surface area contributed by atoms with Gasteiger partial charge in [-0.05, 0) is 76.3 Å². The summed E-state index contributed by atoms with van der Waals surface area (Å²) in [5.74, 6) is 1.84. The molecule has 3 aliphatic heterocycles. The molecule has 1 unspecified atom stereocenters. The Labute approximate surface area is 184 Å². The number of carbonyl (C=O) groups is 1. The van der Waals surface area contributed by atoms with Crippen molar-refractivity contribution in [3.63, 3.8) is 0 Å². The summed E-state index contributed by atoms with van der Waals surface area (Å²) >= 11 is 0. The van der Waals surface area contributed by atoms with Crippen molar-refractivity contribution < 1.29 is 14.3 Å². The molecule has 6 heteroatoms. The summed E-state index contributed by atoms with van der Waals surface area (Å²) in [6.45, 7) is 11.9. The molecular weight excluding hydrogens is 390 g/mol. The van der Waals surface area contributed by atoms with Gasteiger partial charge in [0.25, 0.3) is 0 Å². The molecule has 1 aromatic heterocycles. The number of nitrogens with one attached hydrogen (secondary N) is 1. The van der Waals surface area contributed by atoms with Crippen LogP contribution in [0.5, 0.6) is 5.75 Å². The van der Waals surface area contributed by atoms with Crippen LogP contribution < -0.4 is 10.1 Å². The molecule has 1 aromatic carbocycles. The minimum absolute atomic E-state index is 0.123. The van der Waals surface area contributed by atoms with Gasteiger partial charge in [0.1, 0.15) is 11.9 Å². The average molecular weight is 424 g/mol. The van der Waals surface area contributed by atoms with Gasteiger partial charge in [-0.25, -0.2) is 4.79 Å². The first kappa shape index (κ1) is 21.6. The van der Waals surface area contributed by atoms with Crippen molar-refractivity contribution in [2.45, 2.75) is 51.3 Å². The Morgan fingerprint density at radius 3 is 2.81 bits per heavy atom. The maximum absolute atomic E-state index is 12.9. The molecule has 5 atom stereocenters. The Kier molecular flexibility index (Phi) is 5.93. The molecule has 3 saturated heterocycles. The maximum Gasteiger partial charge on any atom is 0.408 e. The zero-order chi connectivity index (χ0) is 22.2. The Hall–Kier alpha value is -2.60. The molecule has 5 rings (SSSR count). The predicted octanol–water partition coefficient (Wildman–Crippen LogP) is 4.71. The fraction of sp³-hybridized carbons (Fsp3) is 0.520. The minimum Gasteiger partial charge on any atom is -0.497 e. The summed E-state index contributed by atoms with van der Waals surface area (Å²) in [7, 11) is 1.66. The number of hydrogen-bond donors (Lipinski definition) is 1. The third-order valence-corrected chi connectivity index (χ3v) is 6.50. The fourth-order valence-corrected chi connectivity index (χ4v) is 5.01. The van der Waals surface area contributed by atoms with E-state index in [1.807, 2.05) is 45.0 Å². The van der Waals surface area contributed by atoms with Gasteiger partial charge >= 0.3 is 6.09 Å². The molecule has 0 saturated carbocycles. The quantitative estimate of drug-likeness (QED) is 0.706. The number of fused-ring (bicyclic) bond motifs is 4. The third kappa shape index (κ3) is 4.54. The molecule has 3 aliphatic rings. The summed E-state index contributed by atoms with van der Waals surface area (Å²) in [5, 5.41) is 3.91. The Morgan fingerprint density at radius 2 is 2.16 bits per heavy atom. The number of piperidine rings is 3. The van der Waals surface area contributed by atoms with E-state index >= 15 is 0 Å².